The van der Waals surface area contributed by atoms with E-state index in [9.17, 15) is 9.90 Å². The SMILES string of the molecule is CSc1sc(C(=O)NNCC2CCC(N)CC2)c2c1C(O)CCC2. The molecule has 7 heteroatoms. The van der Waals surface area contributed by atoms with Gasteiger partial charge in [0, 0.05) is 18.2 Å². The van der Waals surface area contributed by atoms with E-state index in [1.54, 1.807) is 11.8 Å². The van der Waals surface area contributed by atoms with E-state index >= 15 is 0 Å². The van der Waals surface area contributed by atoms with E-state index in [0.29, 0.717) is 12.0 Å². The molecule has 1 heterocycles. The highest BCUT2D eigenvalue weighted by Crippen LogP contribution is 2.43. The Labute approximate surface area is 151 Å². The third kappa shape index (κ3) is 3.96. The van der Waals surface area contributed by atoms with Gasteiger partial charge in [0.2, 0.25) is 0 Å². The van der Waals surface area contributed by atoms with Gasteiger partial charge in [-0.25, -0.2) is 5.43 Å². The van der Waals surface area contributed by atoms with E-state index in [1.165, 1.54) is 11.3 Å². The lowest BCUT2D eigenvalue weighted by Crippen LogP contribution is -2.41. The number of aliphatic hydroxyl groups is 1. The van der Waals surface area contributed by atoms with E-state index in [4.69, 9.17) is 5.73 Å². The van der Waals surface area contributed by atoms with Gasteiger partial charge >= 0.3 is 0 Å². The Balaban J connectivity index is 1.59. The molecule has 2 aliphatic rings. The molecule has 1 saturated carbocycles. The number of aliphatic hydroxyl groups excluding tert-OH is 1. The molecule has 0 aromatic carbocycles. The van der Waals surface area contributed by atoms with Crippen LogP contribution in [0.1, 0.15) is 65.4 Å². The summed E-state index contributed by atoms with van der Waals surface area (Å²) in [5.74, 6) is 0.518. The van der Waals surface area contributed by atoms with Gasteiger partial charge in [-0.05, 0) is 62.7 Å². The van der Waals surface area contributed by atoms with Crippen LogP contribution in [0, 0.1) is 5.92 Å². The zero-order chi connectivity index (χ0) is 17.1. The summed E-state index contributed by atoms with van der Waals surface area (Å²) in [5, 5.41) is 10.3. The van der Waals surface area contributed by atoms with Gasteiger partial charge in [0.25, 0.3) is 5.91 Å². The average molecular weight is 370 g/mol. The summed E-state index contributed by atoms with van der Waals surface area (Å²) in [6.45, 7) is 0.796. The second-order valence-corrected chi connectivity index (χ2v) is 8.93. The molecule has 0 saturated heterocycles. The fourth-order valence-corrected chi connectivity index (χ4v) is 5.81. The monoisotopic (exact) mass is 369 g/mol. The van der Waals surface area contributed by atoms with Crippen molar-refractivity contribution < 1.29 is 9.90 Å². The number of hydrogen-bond acceptors (Lipinski definition) is 6. The summed E-state index contributed by atoms with van der Waals surface area (Å²) in [6, 6.07) is 0.352. The van der Waals surface area contributed by atoms with Crippen LogP contribution in [0.3, 0.4) is 0 Å². The lowest BCUT2D eigenvalue weighted by molar-refractivity contribution is 0.0930. The lowest BCUT2D eigenvalue weighted by atomic mass is 9.86. The first kappa shape index (κ1) is 18.2. The predicted molar refractivity (Wildman–Crippen MR) is 99.4 cm³/mol. The van der Waals surface area contributed by atoms with E-state index in [-0.39, 0.29) is 5.91 Å². The maximum atomic E-state index is 12.6. The molecule has 5 nitrogen and oxygen atoms in total. The summed E-state index contributed by atoms with van der Waals surface area (Å²) >= 11 is 3.13. The van der Waals surface area contributed by atoms with Crippen molar-refractivity contribution in [3.8, 4) is 0 Å². The number of nitrogens with one attached hydrogen (secondary N) is 2. The van der Waals surface area contributed by atoms with Crippen molar-refractivity contribution in [1.82, 2.24) is 10.9 Å². The third-order valence-electron chi connectivity index (χ3n) is 5.13. The second kappa shape index (κ2) is 8.19. The van der Waals surface area contributed by atoms with Crippen LogP contribution in [0.15, 0.2) is 4.21 Å². The van der Waals surface area contributed by atoms with E-state index in [2.05, 4.69) is 10.9 Å². The summed E-state index contributed by atoms with van der Waals surface area (Å²) < 4.78 is 1.07. The topological polar surface area (TPSA) is 87.4 Å². The number of thioether (sulfide) groups is 1. The van der Waals surface area contributed by atoms with E-state index in [0.717, 1.165) is 71.7 Å². The fourth-order valence-electron chi connectivity index (χ4n) is 3.72. The van der Waals surface area contributed by atoms with Crippen molar-refractivity contribution in [1.29, 1.82) is 0 Å². The van der Waals surface area contributed by atoms with Crippen molar-refractivity contribution in [2.75, 3.05) is 12.8 Å². The van der Waals surface area contributed by atoms with Crippen molar-refractivity contribution in [2.24, 2.45) is 11.7 Å². The van der Waals surface area contributed by atoms with Crippen LogP contribution in [-0.2, 0) is 6.42 Å². The summed E-state index contributed by atoms with van der Waals surface area (Å²) in [7, 11) is 0. The largest absolute Gasteiger partial charge is 0.388 e. The van der Waals surface area contributed by atoms with Gasteiger partial charge in [-0.3, -0.25) is 10.2 Å². The molecule has 3 rings (SSSR count). The third-order valence-corrected chi connectivity index (χ3v) is 7.51. The zero-order valence-electron chi connectivity index (χ0n) is 14.1. The fraction of sp³-hybridized carbons (Fsp3) is 0.706. The standard InChI is InChI=1S/C17H27N3O2S2/c1-23-17-14-12(3-2-4-13(14)21)15(24-17)16(22)20-19-9-10-5-7-11(18)8-6-10/h10-11,13,19,21H,2-9,18H2,1H3,(H,20,22). The first-order valence-electron chi connectivity index (χ1n) is 8.76. The molecule has 2 aliphatic carbocycles. The van der Waals surface area contributed by atoms with Crippen molar-refractivity contribution in [3.63, 3.8) is 0 Å². The Kier molecular flexibility index (Phi) is 6.21. The highest BCUT2D eigenvalue weighted by Gasteiger charge is 2.29. The van der Waals surface area contributed by atoms with Gasteiger partial charge in [-0.2, -0.15) is 0 Å². The van der Waals surface area contributed by atoms with Crippen molar-refractivity contribution in [2.45, 2.75) is 61.3 Å². The van der Waals surface area contributed by atoms with Gasteiger partial charge < -0.3 is 10.8 Å². The number of thiophene rings is 1. The Morgan fingerprint density at radius 1 is 1.33 bits per heavy atom. The van der Waals surface area contributed by atoms with Crippen LogP contribution in [0.5, 0.6) is 0 Å². The van der Waals surface area contributed by atoms with Gasteiger partial charge in [0.05, 0.1) is 15.2 Å². The number of carbonyl (C=O) groups is 1. The van der Waals surface area contributed by atoms with Gasteiger partial charge in [0.15, 0.2) is 0 Å². The maximum Gasteiger partial charge on any atom is 0.275 e. The van der Waals surface area contributed by atoms with Crippen LogP contribution in [0.4, 0.5) is 0 Å². The van der Waals surface area contributed by atoms with Crippen molar-refractivity contribution >= 4 is 29.0 Å². The Hall–Kier alpha value is -0.600. The minimum absolute atomic E-state index is 0.0711. The Morgan fingerprint density at radius 3 is 2.79 bits per heavy atom. The molecule has 0 bridgehead atoms. The first-order chi connectivity index (χ1) is 11.6. The molecule has 0 spiro atoms. The molecule has 1 unspecified atom stereocenters. The highest BCUT2D eigenvalue weighted by atomic mass is 32.2. The Morgan fingerprint density at radius 2 is 2.08 bits per heavy atom. The number of nitrogens with two attached hydrogens (primary N) is 1. The van der Waals surface area contributed by atoms with Gasteiger partial charge in [0.1, 0.15) is 0 Å². The van der Waals surface area contributed by atoms with Crippen LogP contribution in [-0.4, -0.2) is 29.9 Å². The second-order valence-electron chi connectivity index (χ2n) is 6.84. The summed E-state index contributed by atoms with van der Waals surface area (Å²) in [4.78, 5) is 13.3. The van der Waals surface area contributed by atoms with Crippen molar-refractivity contribution in [3.05, 3.63) is 16.0 Å². The molecular weight excluding hydrogens is 342 g/mol. The molecule has 1 aromatic rings. The lowest BCUT2D eigenvalue weighted by Gasteiger charge is -2.26. The maximum absolute atomic E-state index is 12.6. The van der Waals surface area contributed by atoms with Gasteiger partial charge in [-0.15, -0.1) is 23.1 Å². The molecule has 1 amide bonds. The zero-order valence-corrected chi connectivity index (χ0v) is 15.8. The van der Waals surface area contributed by atoms with Crippen LogP contribution in [0.2, 0.25) is 0 Å². The molecule has 1 fully saturated rings. The number of amides is 1. The molecule has 5 N–H and O–H groups in total. The van der Waals surface area contributed by atoms with E-state index in [1.807, 2.05) is 6.26 Å². The van der Waals surface area contributed by atoms with Crippen LogP contribution >= 0.6 is 23.1 Å². The summed E-state index contributed by atoms with van der Waals surface area (Å²) in [6.07, 6.45) is 8.60. The van der Waals surface area contributed by atoms with Gasteiger partial charge in [-0.1, -0.05) is 0 Å². The highest BCUT2D eigenvalue weighted by molar-refractivity contribution is 8.00. The molecule has 0 radical (unpaired) electrons. The minimum atomic E-state index is -0.423. The number of hydrazine groups is 1. The normalized spacial score (nSPS) is 26.9. The smallest absolute Gasteiger partial charge is 0.275 e. The van der Waals surface area contributed by atoms with Crippen LogP contribution in [0.25, 0.3) is 0 Å². The Bertz CT molecular complexity index is 583. The number of carbonyl (C=O) groups excluding carboxylic acids is 1. The molecule has 1 aromatic heterocycles. The minimum Gasteiger partial charge on any atom is -0.388 e. The molecule has 134 valence electrons. The number of fused-ring (bicyclic) bond motifs is 1. The number of rotatable bonds is 5. The number of hydrogen-bond donors (Lipinski definition) is 4. The summed E-state index contributed by atoms with van der Waals surface area (Å²) in [5.41, 5.74) is 13.9. The quantitative estimate of drug-likeness (QED) is 0.473. The average Bonchev–Trinajstić information content (AvgIpc) is 2.97. The van der Waals surface area contributed by atoms with Crippen LogP contribution < -0.4 is 16.6 Å². The van der Waals surface area contributed by atoms with E-state index < -0.39 is 6.10 Å². The first-order valence-corrected chi connectivity index (χ1v) is 10.8. The molecule has 1 atom stereocenters. The predicted octanol–water partition coefficient (Wildman–Crippen LogP) is 2.59. The molecular formula is C17H27N3O2S2. The molecule has 24 heavy (non-hydrogen) atoms. The molecule has 0 aliphatic heterocycles.